The Bertz CT molecular complexity index is 505. The topological polar surface area (TPSA) is 48.2 Å². The Balaban J connectivity index is 2.08. The van der Waals surface area contributed by atoms with Gasteiger partial charge in [0.2, 0.25) is 5.89 Å². The van der Waals surface area contributed by atoms with Gasteiger partial charge in [0.1, 0.15) is 5.75 Å². The van der Waals surface area contributed by atoms with E-state index in [1.165, 1.54) is 11.8 Å². The molecular formula is C12H12N2O2S. The Labute approximate surface area is 104 Å². The van der Waals surface area contributed by atoms with E-state index >= 15 is 0 Å². The van der Waals surface area contributed by atoms with E-state index in [0.29, 0.717) is 11.1 Å². The zero-order valence-electron chi connectivity index (χ0n) is 9.58. The fourth-order valence-corrected chi connectivity index (χ4v) is 1.54. The van der Waals surface area contributed by atoms with Crippen LogP contribution in [0.25, 0.3) is 12.2 Å². The standard InChI is InChI=1S/C12H12N2O2S/c1-15-10-6-3-9(4-7-10)5-8-11-13-14-12(16-11)17-2/h3-8H,1-2H3/b8-5+. The molecule has 0 atom stereocenters. The summed E-state index contributed by atoms with van der Waals surface area (Å²) in [5.74, 6) is 1.34. The molecule has 0 unspecified atom stereocenters. The maximum absolute atomic E-state index is 5.33. The van der Waals surface area contributed by atoms with E-state index < -0.39 is 0 Å². The van der Waals surface area contributed by atoms with Crippen molar-refractivity contribution in [1.82, 2.24) is 10.2 Å². The zero-order chi connectivity index (χ0) is 12.1. The minimum atomic E-state index is 0.505. The second kappa shape index (κ2) is 5.54. The number of thioether (sulfide) groups is 1. The normalized spacial score (nSPS) is 10.9. The second-order valence-electron chi connectivity index (χ2n) is 3.22. The lowest BCUT2D eigenvalue weighted by Crippen LogP contribution is -1.81. The van der Waals surface area contributed by atoms with Crippen molar-refractivity contribution in [2.45, 2.75) is 5.22 Å². The van der Waals surface area contributed by atoms with Crippen molar-refractivity contribution in [3.05, 3.63) is 35.7 Å². The summed E-state index contributed by atoms with van der Waals surface area (Å²) < 4.78 is 10.4. The van der Waals surface area contributed by atoms with Gasteiger partial charge in [0, 0.05) is 6.08 Å². The first-order chi connectivity index (χ1) is 8.31. The van der Waals surface area contributed by atoms with E-state index in [2.05, 4.69) is 10.2 Å². The summed E-state index contributed by atoms with van der Waals surface area (Å²) in [4.78, 5) is 0. The molecule has 0 aliphatic rings. The second-order valence-corrected chi connectivity index (χ2v) is 3.97. The molecule has 1 aromatic heterocycles. The molecule has 0 N–H and O–H groups in total. The smallest absolute Gasteiger partial charge is 0.276 e. The summed E-state index contributed by atoms with van der Waals surface area (Å²) in [5.41, 5.74) is 1.05. The van der Waals surface area contributed by atoms with Gasteiger partial charge >= 0.3 is 0 Å². The minimum absolute atomic E-state index is 0.505. The van der Waals surface area contributed by atoms with Crippen LogP contribution in [0.1, 0.15) is 11.5 Å². The van der Waals surface area contributed by atoms with Gasteiger partial charge in [-0.05, 0) is 30.0 Å². The van der Waals surface area contributed by atoms with E-state index in [4.69, 9.17) is 9.15 Å². The van der Waals surface area contributed by atoms with Gasteiger partial charge in [-0.25, -0.2) is 0 Å². The maximum atomic E-state index is 5.33. The predicted molar refractivity (Wildman–Crippen MR) is 68.0 cm³/mol. The highest BCUT2D eigenvalue weighted by molar-refractivity contribution is 7.98. The number of aromatic nitrogens is 2. The molecule has 1 heterocycles. The predicted octanol–water partition coefficient (Wildman–Crippen LogP) is 2.97. The molecule has 0 amide bonds. The van der Waals surface area contributed by atoms with Crippen LogP contribution < -0.4 is 4.74 Å². The van der Waals surface area contributed by atoms with Gasteiger partial charge in [-0.15, -0.1) is 10.2 Å². The summed E-state index contributed by atoms with van der Waals surface area (Å²) in [6.45, 7) is 0. The minimum Gasteiger partial charge on any atom is -0.497 e. The van der Waals surface area contributed by atoms with Crippen molar-refractivity contribution in [3.63, 3.8) is 0 Å². The van der Waals surface area contributed by atoms with Gasteiger partial charge in [0.15, 0.2) is 0 Å². The molecule has 0 radical (unpaired) electrons. The molecule has 2 rings (SSSR count). The first-order valence-corrected chi connectivity index (χ1v) is 6.24. The van der Waals surface area contributed by atoms with Crippen molar-refractivity contribution in [2.75, 3.05) is 13.4 Å². The molecule has 0 aliphatic heterocycles. The fraction of sp³-hybridized carbons (Fsp3) is 0.167. The van der Waals surface area contributed by atoms with Crippen LogP contribution in [0.5, 0.6) is 5.75 Å². The Hall–Kier alpha value is -1.75. The largest absolute Gasteiger partial charge is 0.497 e. The monoisotopic (exact) mass is 248 g/mol. The lowest BCUT2D eigenvalue weighted by Gasteiger charge is -1.98. The van der Waals surface area contributed by atoms with Crippen molar-refractivity contribution < 1.29 is 9.15 Å². The van der Waals surface area contributed by atoms with E-state index in [1.807, 2.05) is 36.6 Å². The number of methoxy groups -OCH3 is 1. The van der Waals surface area contributed by atoms with E-state index in [9.17, 15) is 0 Å². The van der Waals surface area contributed by atoms with Crippen LogP contribution in [0.3, 0.4) is 0 Å². The SMILES string of the molecule is COc1ccc(/C=C/c2nnc(SC)o2)cc1. The van der Waals surface area contributed by atoms with Crippen molar-refractivity contribution >= 4 is 23.9 Å². The highest BCUT2D eigenvalue weighted by Gasteiger charge is 2.00. The highest BCUT2D eigenvalue weighted by atomic mass is 32.2. The molecule has 2 aromatic rings. The third-order valence-electron chi connectivity index (χ3n) is 2.13. The zero-order valence-corrected chi connectivity index (χ0v) is 10.4. The lowest BCUT2D eigenvalue weighted by molar-refractivity contribution is 0.415. The van der Waals surface area contributed by atoms with Crippen LogP contribution in [-0.4, -0.2) is 23.6 Å². The molecule has 0 fully saturated rings. The summed E-state index contributed by atoms with van der Waals surface area (Å²) in [7, 11) is 1.65. The summed E-state index contributed by atoms with van der Waals surface area (Å²) in [6, 6.07) is 7.73. The van der Waals surface area contributed by atoms with Gasteiger partial charge in [0.05, 0.1) is 7.11 Å². The Morgan fingerprint density at radius 3 is 2.53 bits per heavy atom. The van der Waals surface area contributed by atoms with Crippen LogP contribution in [-0.2, 0) is 0 Å². The van der Waals surface area contributed by atoms with Crippen molar-refractivity contribution in [1.29, 1.82) is 0 Å². The van der Waals surface area contributed by atoms with Crippen molar-refractivity contribution in [2.24, 2.45) is 0 Å². The van der Waals surface area contributed by atoms with Gasteiger partial charge in [-0.1, -0.05) is 23.9 Å². The van der Waals surface area contributed by atoms with Gasteiger partial charge in [-0.3, -0.25) is 0 Å². The number of nitrogens with zero attached hydrogens (tertiary/aromatic N) is 2. The molecular weight excluding hydrogens is 236 g/mol. The lowest BCUT2D eigenvalue weighted by atomic mass is 10.2. The highest BCUT2D eigenvalue weighted by Crippen LogP contribution is 2.15. The molecule has 0 bridgehead atoms. The molecule has 5 heteroatoms. The third kappa shape index (κ3) is 3.10. The molecule has 4 nitrogen and oxygen atoms in total. The number of ether oxygens (including phenoxy) is 1. The van der Waals surface area contributed by atoms with E-state index in [-0.39, 0.29) is 0 Å². The van der Waals surface area contributed by atoms with Crippen molar-refractivity contribution in [3.8, 4) is 5.75 Å². The summed E-state index contributed by atoms with van der Waals surface area (Å²) in [6.07, 6.45) is 5.59. The average Bonchev–Trinajstić information content (AvgIpc) is 2.85. The van der Waals surface area contributed by atoms with Gasteiger partial charge in [-0.2, -0.15) is 0 Å². The molecule has 0 spiro atoms. The third-order valence-corrected chi connectivity index (χ3v) is 2.65. The first kappa shape index (κ1) is 11.7. The number of rotatable bonds is 4. The van der Waals surface area contributed by atoms with Gasteiger partial charge in [0.25, 0.3) is 5.22 Å². The fourth-order valence-electron chi connectivity index (χ4n) is 1.25. The summed E-state index contributed by atoms with van der Waals surface area (Å²) in [5, 5.41) is 8.31. The van der Waals surface area contributed by atoms with Gasteiger partial charge < -0.3 is 9.15 Å². The Morgan fingerprint density at radius 1 is 1.18 bits per heavy atom. The van der Waals surface area contributed by atoms with E-state index in [1.54, 1.807) is 13.2 Å². The molecule has 1 aromatic carbocycles. The molecule has 17 heavy (non-hydrogen) atoms. The number of benzene rings is 1. The molecule has 0 saturated heterocycles. The van der Waals surface area contributed by atoms with Crippen LogP contribution in [0.2, 0.25) is 0 Å². The van der Waals surface area contributed by atoms with Crippen LogP contribution >= 0.6 is 11.8 Å². The van der Waals surface area contributed by atoms with E-state index in [0.717, 1.165) is 11.3 Å². The summed E-state index contributed by atoms with van der Waals surface area (Å²) >= 11 is 1.43. The maximum Gasteiger partial charge on any atom is 0.276 e. The van der Waals surface area contributed by atoms with Crippen LogP contribution in [0.15, 0.2) is 33.9 Å². The number of hydrogen-bond acceptors (Lipinski definition) is 5. The molecule has 0 aliphatic carbocycles. The average molecular weight is 248 g/mol. The molecule has 88 valence electrons. The Kier molecular flexibility index (Phi) is 3.82. The number of hydrogen-bond donors (Lipinski definition) is 0. The van der Waals surface area contributed by atoms with Crippen LogP contribution in [0, 0.1) is 0 Å². The van der Waals surface area contributed by atoms with Crippen LogP contribution in [0.4, 0.5) is 0 Å². The quantitative estimate of drug-likeness (QED) is 0.778. The Morgan fingerprint density at radius 2 is 1.94 bits per heavy atom. The first-order valence-electron chi connectivity index (χ1n) is 5.01. The molecule has 0 saturated carbocycles.